The van der Waals surface area contributed by atoms with Crippen LogP contribution in [0.2, 0.25) is 0 Å². The van der Waals surface area contributed by atoms with Gasteiger partial charge in [0.2, 0.25) is 34.9 Å². The maximum atomic E-state index is 14.9. The van der Waals surface area contributed by atoms with E-state index in [9.17, 15) is 38.4 Å². The van der Waals surface area contributed by atoms with Gasteiger partial charge in [-0.05, 0) is 84.3 Å². The number of ketones is 3. The Balaban J connectivity index is 0.878. The molecular formula is C68H79N8O11+. The number of nitrogens with one attached hydrogen (secondary N) is 3. The Bertz CT molecular complexity index is 3540. The van der Waals surface area contributed by atoms with Gasteiger partial charge in [-0.15, -0.1) is 0 Å². The summed E-state index contributed by atoms with van der Waals surface area (Å²) in [5.74, 6) is -3.54. The van der Waals surface area contributed by atoms with Crippen LogP contribution >= 0.6 is 0 Å². The molecule has 456 valence electrons. The van der Waals surface area contributed by atoms with E-state index in [1.807, 2.05) is 155 Å². The van der Waals surface area contributed by atoms with Gasteiger partial charge >= 0.3 is 6.03 Å². The number of hydrogen-bond donors (Lipinski definition) is 5. The normalized spacial score (nSPS) is 15.8. The van der Waals surface area contributed by atoms with Gasteiger partial charge in [-0.3, -0.25) is 38.5 Å². The molecular weight excluding hydrogens is 1100 g/mol. The molecule has 2 unspecified atom stereocenters. The third kappa shape index (κ3) is 15.9. The number of likely N-dealkylation sites (tertiary alicyclic amines) is 1. The predicted molar refractivity (Wildman–Crippen MR) is 332 cm³/mol. The summed E-state index contributed by atoms with van der Waals surface area (Å²) in [7, 11) is 1.84. The Morgan fingerprint density at radius 1 is 0.770 bits per heavy atom. The second-order valence-electron chi connectivity index (χ2n) is 22.6. The van der Waals surface area contributed by atoms with Crippen LogP contribution in [-0.2, 0) is 49.5 Å². The number of amides is 6. The number of nitrogen functional groups attached to an aromatic ring is 1. The monoisotopic (exact) mass is 1180 g/mol. The van der Waals surface area contributed by atoms with E-state index in [-0.39, 0.29) is 142 Å². The molecule has 3 heterocycles. The lowest BCUT2D eigenvalue weighted by molar-refractivity contribution is -0.668. The van der Waals surface area contributed by atoms with Crippen LogP contribution in [0.4, 0.5) is 16.2 Å². The summed E-state index contributed by atoms with van der Waals surface area (Å²) in [5, 5.41) is 9.30. The topological polar surface area (TPSA) is 263 Å². The van der Waals surface area contributed by atoms with Crippen LogP contribution in [0.3, 0.4) is 0 Å². The summed E-state index contributed by atoms with van der Waals surface area (Å²) in [5.41, 5.74) is 20.9. The van der Waals surface area contributed by atoms with Crippen LogP contribution in [0.5, 0.6) is 0 Å². The first kappa shape index (κ1) is 64.1. The van der Waals surface area contributed by atoms with Gasteiger partial charge in [-0.25, -0.2) is 4.79 Å². The Hall–Kier alpha value is -8.91. The molecule has 2 aliphatic heterocycles. The van der Waals surface area contributed by atoms with Gasteiger partial charge < -0.3 is 46.5 Å². The summed E-state index contributed by atoms with van der Waals surface area (Å²) >= 11 is 0. The van der Waals surface area contributed by atoms with Crippen molar-refractivity contribution in [1.29, 1.82) is 0 Å². The van der Waals surface area contributed by atoms with E-state index < -0.39 is 29.8 Å². The number of fused-ring (bicyclic) bond motifs is 1. The number of benzene rings is 5. The minimum Gasteiger partial charge on any atom is -0.398 e. The quantitative estimate of drug-likeness (QED) is 0.00720. The minimum atomic E-state index is -0.867. The van der Waals surface area contributed by atoms with Gasteiger partial charge in [-0.1, -0.05) is 99.6 Å². The third-order valence-electron chi connectivity index (χ3n) is 16.0. The minimum absolute atomic E-state index is 0.00432. The number of pyridine rings is 1. The lowest BCUT2D eigenvalue weighted by Gasteiger charge is -2.24. The average Bonchev–Trinajstić information content (AvgIpc) is 1.78. The zero-order valence-electron chi connectivity index (χ0n) is 50.4. The number of carbonyl (C=O) groups excluding carboxylic acids is 8. The summed E-state index contributed by atoms with van der Waals surface area (Å²) in [6.45, 7) is 11.6. The van der Waals surface area contributed by atoms with Crippen molar-refractivity contribution in [1.82, 2.24) is 20.4 Å². The Morgan fingerprint density at radius 3 is 2.09 bits per heavy atom. The van der Waals surface area contributed by atoms with Crippen LogP contribution in [0, 0.1) is 31.6 Å². The number of ether oxygens (including phenoxy) is 3. The Morgan fingerprint density at radius 2 is 1.44 bits per heavy atom. The Kier molecular flexibility index (Phi) is 22.1. The number of aromatic nitrogens is 1. The maximum absolute atomic E-state index is 14.9. The Labute approximate surface area is 507 Å². The molecule has 19 nitrogen and oxygen atoms in total. The number of urea groups is 1. The molecule has 5 aromatic carbocycles. The summed E-state index contributed by atoms with van der Waals surface area (Å²) < 4.78 is 18.8. The molecule has 4 atom stereocenters. The van der Waals surface area contributed by atoms with Crippen molar-refractivity contribution in [3.05, 3.63) is 166 Å². The van der Waals surface area contributed by atoms with E-state index in [0.29, 0.717) is 29.9 Å². The smallest absolute Gasteiger partial charge is 0.312 e. The predicted octanol–water partition coefficient (Wildman–Crippen LogP) is 7.83. The molecule has 1 aromatic heterocycles. The largest absolute Gasteiger partial charge is 0.398 e. The van der Waals surface area contributed by atoms with E-state index in [1.54, 1.807) is 13.0 Å². The molecule has 0 radical (unpaired) electrons. The number of aryl methyl sites for hydroxylation is 2. The highest BCUT2D eigenvalue weighted by molar-refractivity contribution is 6.35. The van der Waals surface area contributed by atoms with Gasteiger partial charge in [0, 0.05) is 91.5 Å². The molecule has 1 fully saturated rings. The average molecular weight is 1180 g/mol. The molecule has 0 bridgehead atoms. The zero-order valence-corrected chi connectivity index (χ0v) is 50.4. The number of carbonyl (C=O) groups is 8. The fourth-order valence-corrected chi connectivity index (χ4v) is 11.3. The highest BCUT2D eigenvalue weighted by Gasteiger charge is 2.43. The van der Waals surface area contributed by atoms with Crippen LogP contribution in [0.1, 0.15) is 97.2 Å². The van der Waals surface area contributed by atoms with Crippen molar-refractivity contribution in [2.75, 3.05) is 70.8 Å². The molecule has 7 N–H and O–H groups in total. The van der Waals surface area contributed by atoms with Crippen molar-refractivity contribution in [3.63, 3.8) is 0 Å². The van der Waals surface area contributed by atoms with Crippen LogP contribution < -0.4 is 32.0 Å². The van der Waals surface area contributed by atoms with Crippen molar-refractivity contribution in [2.45, 2.75) is 85.4 Å². The second-order valence-corrected chi connectivity index (χ2v) is 22.6. The molecule has 2 aliphatic rings. The molecule has 6 amide bonds. The van der Waals surface area contributed by atoms with Gasteiger partial charge in [0.15, 0.2) is 23.8 Å². The van der Waals surface area contributed by atoms with E-state index in [1.165, 1.54) is 4.90 Å². The van der Waals surface area contributed by atoms with Crippen LogP contribution in [-0.4, -0.2) is 123 Å². The summed E-state index contributed by atoms with van der Waals surface area (Å²) in [6.07, 6.45) is 0.689. The second kappa shape index (κ2) is 29.9. The molecule has 87 heavy (non-hydrogen) atoms. The molecule has 1 saturated heterocycles. The number of nitrogens with zero attached hydrogens (tertiary/aromatic N) is 3. The molecule has 0 spiro atoms. The van der Waals surface area contributed by atoms with Crippen molar-refractivity contribution in [2.24, 2.45) is 23.5 Å². The lowest BCUT2D eigenvalue weighted by atomic mass is 9.89. The standard InChI is InChI=1S/C68H78N8O11/c1-42(2)61(73-56(78)29-32-85-34-36-87-37-35-86-33-31-75-57(79)38-44(4)67(75)83)55(77)40-51(18-13-30-71-68(70)84)66(82)72-52-25-21-46(22-26-52)41-76-45(5)20-23-49-39-50(24-28-54(49)76)58-43(3)19-27-53(60(58)69)64(80)59-62(47-14-9-7-10-15-47)74(6)63(65(59)81)48-16-11-8-12-17-48/h7-12,14-17,19-28,39,42,44,51,61,63H,13,18,29-38,40-41H2,1-6H3,(H6-,69,70,71,72,73,78,80,82,84)/p+1/t44?,51-,61+,63?/m1/s1. The van der Waals surface area contributed by atoms with E-state index >= 15 is 0 Å². The highest BCUT2D eigenvalue weighted by Crippen LogP contribution is 2.43. The molecule has 0 aliphatic carbocycles. The van der Waals surface area contributed by atoms with Gasteiger partial charge in [-0.2, -0.15) is 4.57 Å². The van der Waals surface area contributed by atoms with E-state index in [0.717, 1.165) is 44.4 Å². The first-order valence-corrected chi connectivity index (χ1v) is 29.6. The number of likely N-dealkylation sites (N-methyl/N-ethyl adjacent to an activating group) is 1. The highest BCUT2D eigenvalue weighted by atomic mass is 16.5. The molecule has 19 heteroatoms. The lowest BCUT2D eigenvalue weighted by Crippen LogP contribution is -2.45. The number of anilines is 2. The first-order valence-electron chi connectivity index (χ1n) is 29.6. The summed E-state index contributed by atoms with van der Waals surface area (Å²) in [6, 6.07) is 37.9. The van der Waals surface area contributed by atoms with Gasteiger partial charge in [0.05, 0.1) is 69.2 Å². The molecule has 0 saturated carbocycles. The number of rotatable bonds is 30. The SMILES string of the molecule is Cc1ccc(C(=O)C2=C(c3ccccc3)N(C)C(c3ccccc3)C2=O)c(N)c1-c1ccc2c(ccc(C)[n+]2Cc2ccc(NC(=O)[C@H](CCCNC(N)=O)CC(=O)[C@@H](NC(=O)CCOCCOCCOCCN3C(=O)CC(C)C3=O)C(C)C)cc2)c1. The molecule has 6 aromatic rings. The van der Waals surface area contributed by atoms with E-state index in [2.05, 4.69) is 26.6 Å². The van der Waals surface area contributed by atoms with Crippen molar-refractivity contribution >= 4 is 75.0 Å². The van der Waals surface area contributed by atoms with Crippen molar-refractivity contribution < 1.29 is 57.1 Å². The van der Waals surface area contributed by atoms with Crippen LogP contribution in [0.25, 0.3) is 27.7 Å². The van der Waals surface area contributed by atoms with Crippen LogP contribution in [0.15, 0.2) is 133 Å². The number of imide groups is 1. The zero-order chi connectivity index (χ0) is 62.3. The molecule has 8 rings (SSSR count). The fourth-order valence-electron chi connectivity index (χ4n) is 11.3. The fraction of sp³-hybridized carbons (Fsp3) is 0.368. The van der Waals surface area contributed by atoms with Gasteiger partial charge in [0.1, 0.15) is 6.04 Å². The van der Waals surface area contributed by atoms with E-state index in [4.69, 9.17) is 25.7 Å². The number of nitrogens with two attached hydrogens (primary N) is 2. The maximum Gasteiger partial charge on any atom is 0.312 e. The number of Topliss-reactive ketones (excluding diaryl/α,β-unsaturated/α-hetero) is 3. The number of hydrogen-bond acceptors (Lipinski definition) is 13. The third-order valence-corrected chi connectivity index (χ3v) is 16.0. The number of primary amides is 1. The van der Waals surface area contributed by atoms with Crippen molar-refractivity contribution in [3.8, 4) is 11.1 Å². The first-order chi connectivity index (χ1) is 41.8. The van der Waals surface area contributed by atoms with Gasteiger partial charge in [0.25, 0.3) is 0 Å². The summed E-state index contributed by atoms with van der Waals surface area (Å²) in [4.78, 5) is 109.